The second-order valence-electron chi connectivity index (χ2n) is 5.48. The van der Waals surface area contributed by atoms with Crippen LogP contribution < -0.4 is 15.4 Å². The summed E-state index contributed by atoms with van der Waals surface area (Å²) in [4.78, 5) is 24.4. The first-order valence-corrected chi connectivity index (χ1v) is 7.97. The Morgan fingerprint density at radius 1 is 1.04 bits per heavy atom. The lowest BCUT2D eigenvalue weighted by atomic mass is 10.1. The molecule has 0 aliphatic carbocycles. The Morgan fingerprint density at radius 2 is 1.71 bits per heavy atom. The largest absolute Gasteiger partial charge is 0.484 e. The van der Waals surface area contributed by atoms with E-state index >= 15 is 0 Å². The molecule has 2 aromatic carbocycles. The molecular formula is C19H22N2O3. The highest BCUT2D eigenvalue weighted by atomic mass is 16.5. The van der Waals surface area contributed by atoms with Crippen LogP contribution in [0.15, 0.2) is 54.6 Å². The van der Waals surface area contributed by atoms with Crippen molar-refractivity contribution in [2.24, 2.45) is 0 Å². The molecule has 2 amide bonds. The topological polar surface area (TPSA) is 67.4 Å². The van der Waals surface area contributed by atoms with Gasteiger partial charge in [0.15, 0.2) is 6.61 Å². The van der Waals surface area contributed by atoms with Gasteiger partial charge >= 0.3 is 0 Å². The number of anilines is 1. The summed E-state index contributed by atoms with van der Waals surface area (Å²) in [6.45, 7) is 3.82. The van der Waals surface area contributed by atoms with Crippen LogP contribution in [0.5, 0.6) is 5.75 Å². The summed E-state index contributed by atoms with van der Waals surface area (Å²) >= 11 is 0. The van der Waals surface area contributed by atoms with Crippen molar-refractivity contribution in [1.29, 1.82) is 0 Å². The average molecular weight is 326 g/mol. The number of ether oxygens (including phenoxy) is 1. The molecule has 0 aromatic heterocycles. The zero-order valence-electron chi connectivity index (χ0n) is 13.9. The third-order valence-electron chi connectivity index (χ3n) is 3.55. The molecule has 24 heavy (non-hydrogen) atoms. The summed E-state index contributed by atoms with van der Waals surface area (Å²) < 4.78 is 5.41. The van der Waals surface area contributed by atoms with Crippen LogP contribution in [-0.2, 0) is 4.79 Å². The number of nitrogens with one attached hydrogen (secondary N) is 2. The van der Waals surface area contributed by atoms with E-state index in [2.05, 4.69) is 10.6 Å². The summed E-state index contributed by atoms with van der Waals surface area (Å²) in [5.41, 5.74) is 0.908. The first-order valence-electron chi connectivity index (χ1n) is 7.97. The number of hydrogen-bond donors (Lipinski definition) is 2. The molecule has 5 heteroatoms. The number of carbonyl (C=O) groups is 2. The Hall–Kier alpha value is -2.82. The van der Waals surface area contributed by atoms with Gasteiger partial charge < -0.3 is 15.4 Å². The molecule has 0 unspecified atom stereocenters. The van der Waals surface area contributed by atoms with Crippen LogP contribution in [0.1, 0.15) is 30.6 Å². The first-order chi connectivity index (χ1) is 11.6. The summed E-state index contributed by atoms with van der Waals surface area (Å²) in [6, 6.07) is 16.1. The van der Waals surface area contributed by atoms with E-state index in [9.17, 15) is 9.59 Å². The van der Waals surface area contributed by atoms with Crippen LogP contribution in [0, 0.1) is 0 Å². The zero-order valence-corrected chi connectivity index (χ0v) is 13.9. The van der Waals surface area contributed by atoms with Crippen LogP contribution in [0.4, 0.5) is 5.69 Å². The third-order valence-corrected chi connectivity index (χ3v) is 3.55. The molecule has 0 radical (unpaired) electrons. The Labute approximate surface area is 142 Å². The monoisotopic (exact) mass is 326 g/mol. The predicted molar refractivity (Wildman–Crippen MR) is 94.2 cm³/mol. The summed E-state index contributed by atoms with van der Waals surface area (Å²) in [5, 5.41) is 5.62. The fourth-order valence-electron chi connectivity index (χ4n) is 2.05. The third kappa shape index (κ3) is 5.12. The molecule has 126 valence electrons. The standard InChI is InChI=1S/C19H22N2O3/c1-3-14(2)20-19(23)16-11-7-8-12-17(16)21-18(22)13-24-15-9-5-4-6-10-15/h4-12,14H,3,13H2,1-2H3,(H,20,23)(H,21,22)/t14-/m1/s1. The minimum atomic E-state index is -0.317. The molecule has 5 nitrogen and oxygen atoms in total. The second kappa shape index (κ2) is 8.72. The van der Waals surface area contributed by atoms with Crippen molar-refractivity contribution in [2.75, 3.05) is 11.9 Å². The van der Waals surface area contributed by atoms with Crippen LogP contribution in [0.25, 0.3) is 0 Å². The van der Waals surface area contributed by atoms with E-state index in [4.69, 9.17) is 4.74 Å². The van der Waals surface area contributed by atoms with Crippen molar-refractivity contribution in [3.8, 4) is 5.75 Å². The number of amides is 2. The van der Waals surface area contributed by atoms with E-state index in [0.717, 1.165) is 6.42 Å². The van der Waals surface area contributed by atoms with E-state index in [0.29, 0.717) is 17.0 Å². The molecule has 0 saturated heterocycles. The summed E-state index contributed by atoms with van der Waals surface area (Å²) in [7, 11) is 0. The van der Waals surface area contributed by atoms with Crippen molar-refractivity contribution in [3.05, 3.63) is 60.2 Å². The zero-order chi connectivity index (χ0) is 17.4. The minimum Gasteiger partial charge on any atom is -0.484 e. The maximum absolute atomic E-state index is 12.3. The molecule has 0 heterocycles. The van der Waals surface area contributed by atoms with E-state index in [1.165, 1.54) is 0 Å². The van der Waals surface area contributed by atoms with E-state index in [1.54, 1.807) is 36.4 Å². The van der Waals surface area contributed by atoms with Gasteiger partial charge in [-0.15, -0.1) is 0 Å². The van der Waals surface area contributed by atoms with Gasteiger partial charge in [-0.25, -0.2) is 0 Å². The lowest BCUT2D eigenvalue weighted by molar-refractivity contribution is -0.118. The molecule has 0 aliphatic rings. The van der Waals surface area contributed by atoms with Crippen LogP contribution in [0.2, 0.25) is 0 Å². The normalized spacial score (nSPS) is 11.4. The number of hydrogen-bond acceptors (Lipinski definition) is 3. The highest BCUT2D eigenvalue weighted by Crippen LogP contribution is 2.15. The van der Waals surface area contributed by atoms with Crippen molar-refractivity contribution < 1.29 is 14.3 Å². The molecule has 0 spiro atoms. The quantitative estimate of drug-likeness (QED) is 0.821. The van der Waals surface area contributed by atoms with Gasteiger partial charge in [0.25, 0.3) is 11.8 Å². The highest BCUT2D eigenvalue weighted by Gasteiger charge is 2.14. The van der Waals surface area contributed by atoms with Crippen LogP contribution in [0.3, 0.4) is 0 Å². The maximum atomic E-state index is 12.3. The first kappa shape index (κ1) is 17.5. The van der Waals surface area contributed by atoms with Gasteiger partial charge in [0.1, 0.15) is 5.75 Å². The molecule has 1 atom stereocenters. The van der Waals surface area contributed by atoms with E-state index < -0.39 is 0 Å². The molecule has 0 saturated carbocycles. The fraction of sp³-hybridized carbons (Fsp3) is 0.263. The van der Waals surface area contributed by atoms with Gasteiger partial charge in [-0.05, 0) is 37.6 Å². The smallest absolute Gasteiger partial charge is 0.262 e. The summed E-state index contributed by atoms with van der Waals surface area (Å²) in [5.74, 6) is 0.0994. The average Bonchev–Trinajstić information content (AvgIpc) is 2.61. The van der Waals surface area contributed by atoms with Crippen molar-refractivity contribution in [2.45, 2.75) is 26.3 Å². The lowest BCUT2D eigenvalue weighted by Crippen LogP contribution is -2.33. The molecule has 0 fully saturated rings. The fourth-order valence-corrected chi connectivity index (χ4v) is 2.05. The van der Waals surface area contributed by atoms with E-state index in [-0.39, 0.29) is 24.5 Å². The Balaban J connectivity index is 1.99. The van der Waals surface area contributed by atoms with Crippen molar-refractivity contribution >= 4 is 17.5 Å². The number of rotatable bonds is 7. The van der Waals surface area contributed by atoms with Crippen LogP contribution in [-0.4, -0.2) is 24.5 Å². The van der Waals surface area contributed by atoms with E-state index in [1.807, 2.05) is 32.0 Å². The highest BCUT2D eigenvalue weighted by molar-refractivity contribution is 6.04. The molecular weight excluding hydrogens is 304 g/mol. The van der Waals surface area contributed by atoms with Gasteiger partial charge in [0.05, 0.1) is 11.3 Å². The number of carbonyl (C=O) groups excluding carboxylic acids is 2. The predicted octanol–water partition coefficient (Wildman–Crippen LogP) is 3.23. The van der Waals surface area contributed by atoms with Crippen molar-refractivity contribution in [3.63, 3.8) is 0 Å². The maximum Gasteiger partial charge on any atom is 0.262 e. The van der Waals surface area contributed by atoms with Gasteiger partial charge in [-0.3, -0.25) is 9.59 Å². The number of benzene rings is 2. The van der Waals surface area contributed by atoms with Crippen LogP contribution >= 0.6 is 0 Å². The van der Waals surface area contributed by atoms with Gasteiger partial charge in [0, 0.05) is 6.04 Å². The Kier molecular flexibility index (Phi) is 6.37. The van der Waals surface area contributed by atoms with Gasteiger partial charge in [-0.1, -0.05) is 37.3 Å². The molecule has 0 bridgehead atoms. The SMILES string of the molecule is CC[C@@H](C)NC(=O)c1ccccc1NC(=O)COc1ccccc1. The molecule has 0 aliphatic heterocycles. The molecule has 2 rings (SSSR count). The Morgan fingerprint density at radius 3 is 2.42 bits per heavy atom. The Bertz CT molecular complexity index is 686. The molecule has 2 aromatic rings. The summed E-state index contributed by atoms with van der Waals surface area (Å²) in [6.07, 6.45) is 0.838. The molecule has 2 N–H and O–H groups in total. The van der Waals surface area contributed by atoms with Gasteiger partial charge in [-0.2, -0.15) is 0 Å². The minimum absolute atomic E-state index is 0.0719. The van der Waals surface area contributed by atoms with Gasteiger partial charge in [0.2, 0.25) is 0 Å². The second-order valence-corrected chi connectivity index (χ2v) is 5.48. The number of para-hydroxylation sites is 2. The van der Waals surface area contributed by atoms with Crippen molar-refractivity contribution in [1.82, 2.24) is 5.32 Å². The lowest BCUT2D eigenvalue weighted by Gasteiger charge is -2.14.